The minimum absolute atomic E-state index is 0.00359. The number of amides is 1. The first-order chi connectivity index (χ1) is 19.3. The molecule has 2 N–H and O–H groups in total. The zero-order chi connectivity index (χ0) is 30.2. The Morgan fingerprint density at radius 1 is 0.878 bits per heavy atom. The molecule has 3 rings (SSSR count). The molecule has 0 radical (unpaired) electrons. The third-order valence-corrected chi connectivity index (χ3v) is 8.55. The molecule has 3 aromatic carbocycles. The summed E-state index contributed by atoms with van der Waals surface area (Å²) >= 11 is 0. The molecule has 0 fully saturated rings. The van der Waals surface area contributed by atoms with E-state index in [0.29, 0.717) is 5.56 Å². The summed E-state index contributed by atoms with van der Waals surface area (Å²) in [6.07, 6.45) is 1.59. The molecule has 0 aliphatic rings. The molecule has 10 nitrogen and oxygen atoms in total. The van der Waals surface area contributed by atoms with Gasteiger partial charge in [0.2, 0.25) is 10.0 Å². The third-order valence-electron chi connectivity index (χ3n) is 5.82. The molecule has 0 heterocycles. The number of benzene rings is 3. The number of hydrogen-bond donors (Lipinski definition) is 2. The van der Waals surface area contributed by atoms with E-state index < -0.39 is 32.1 Å². The van der Waals surface area contributed by atoms with E-state index in [1.165, 1.54) is 42.6 Å². The third kappa shape index (κ3) is 9.13. The first-order valence-corrected chi connectivity index (χ1v) is 15.9. The fourth-order valence-corrected chi connectivity index (χ4v) is 5.86. The van der Waals surface area contributed by atoms with Crippen molar-refractivity contribution in [1.82, 2.24) is 10.1 Å². The van der Waals surface area contributed by atoms with E-state index >= 15 is 0 Å². The number of carbonyl (C=O) groups is 1. The molecule has 0 aliphatic carbocycles. The van der Waals surface area contributed by atoms with Gasteiger partial charge in [0.15, 0.2) is 11.5 Å². The van der Waals surface area contributed by atoms with Crippen molar-refractivity contribution in [3.05, 3.63) is 83.4 Å². The SMILES string of the molecule is CCOc1cc(/C=N\NC(=O)[C@@H](CC(C)C)NS(=O)(=O)c2ccc(C)cc2)ccc1OS(=O)(=O)c1ccc(C)cc1. The highest BCUT2D eigenvalue weighted by Gasteiger charge is 2.26. The fourth-order valence-electron chi connectivity index (χ4n) is 3.71. The van der Waals surface area contributed by atoms with Crippen molar-refractivity contribution in [2.75, 3.05) is 6.61 Å². The van der Waals surface area contributed by atoms with Gasteiger partial charge in [-0.3, -0.25) is 4.79 Å². The number of hydrogen-bond acceptors (Lipinski definition) is 8. The summed E-state index contributed by atoms with van der Waals surface area (Å²) in [7, 11) is -8.04. The number of aryl methyl sites for hydroxylation is 2. The Hall–Kier alpha value is -3.74. The fraction of sp³-hybridized carbons (Fsp3) is 0.310. The molecule has 41 heavy (non-hydrogen) atoms. The van der Waals surface area contributed by atoms with Crippen LogP contribution in [0.25, 0.3) is 0 Å². The van der Waals surface area contributed by atoms with Gasteiger partial charge >= 0.3 is 10.1 Å². The zero-order valence-corrected chi connectivity index (χ0v) is 25.3. The summed E-state index contributed by atoms with van der Waals surface area (Å²) in [6, 6.07) is 16.0. The predicted molar refractivity (Wildman–Crippen MR) is 157 cm³/mol. The molecule has 220 valence electrons. The van der Waals surface area contributed by atoms with Gasteiger partial charge in [0.05, 0.1) is 17.7 Å². The van der Waals surface area contributed by atoms with Gasteiger partial charge in [0.25, 0.3) is 5.91 Å². The van der Waals surface area contributed by atoms with E-state index in [9.17, 15) is 21.6 Å². The largest absolute Gasteiger partial charge is 0.490 e. The van der Waals surface area contributed by atoms with Crippen LogP contribution in [0.15, 0.2) is 81.6 Å². The molecule has 1 amide bonds. The van der Waals surface area contributed by atoms with Crippen molar-refractivity contribution in [3.63, 3.8) is 0 Å². The molecule has 0 bridgehead atoms. The van der Waals surface area contributed by atoms with Gasteiger partial charge in [-0.15, -0.1) is 0 Å². The molecular weight excluding hydrogens is 566 g/mol. The lowest BCUT2D eigenvalue weighted by Crippen LogP contribution is -2.46. The molecule has 0 aromatic heterocycles. The molecule has 12 heteroatoms. The number of rotatable bonds is 13. The summed E-state index contributed by atoms with van der Waals surface area (Å²) in [5, 5.41) is 3.97. The average Bonchev–Trinajstić information content (AvgIpc) is 2.90. The maximum absolute atomic E-state index is 12.9. The van der Waals surface area contributed by atoms with Gasteiger partial charge in [0.1, 0.15) is 10.9 Å². The second-order valence-corrected chi connectivity index (χ2v) is 13.1. The van der Waals surface area contributed by atoms with E-state index in [0.717, 1.165) is 11.1 Å². The lowest BCUT2D eigenvalue weighted by atomic mass is 10.0. The number of nitrogens with one attached hydrogen (secondary N) is 2. The van der Waals surface area contributed by atoms with Gasteiger partial charge in [-0.1, -0.05) is 49.2 Å². The summed E-state index contributed by atoms with van der Waals surface area (Å²) in [4.78, 5) is 13.0. The van der Waals surface area contributed by atoms with Crippen molar-refractivity contribution in [1.29, 1.82) is 0 Å². The van der Waals surface area contributed by atoms with E-state index in [2.05, 4.69) is 15.2 Å². The second-order valence-electron chi connectivity index (χ2n) is 9.84. The molecule has 0 saturated carbocycles. The Balaban J connectivity index is 1.74. The standard InChI is InChI=1S/C29H35N3O7S2/c1-6-38-28-18-23(11-16-27(28)39-41(36,37)25-14-9-22(5)10-15-25)19-30-31-29(33)26(17-20(2)3)32-40(34,35)24-12-7-21(4)8-13-24/h7-16,18-20,26,32H,6,17H2,1-5H3,(H,31,33)/b30-19-/t26-/m1/s1. The first-order valence-electron chi connectivity index (χ1n) is 13.0. The molecule has 0 aliphatic heterocycles. The Bertz CT molecular complexity index is 1580. The van der Waals surface area contributed by atoms with Crippen molar-refractivity contribution >= 4 is 32.3 Å². The Morgan fingerprint density at radius 3 is 2.02 bits per heavy atom. The number of sulfonamides is 1. The number of carbonyl (C=O) groups excluding carboxylic acids is 1. The number of ether oxygens (including phenoxy) is 1. The van der Waals surface area contributed by atoms with Crippen molar-refractivity contribution in [3.8, 4) is 11.5 Å². The lowest BCUT2D eigenvalue weighted by Gasteiger charge is -2.19. The Morgan fingerprint density at radius 2 is 1.46 bits per heavy atom. The van der Waals surface area contributed by atoms with Crippen LogP contribution >= 0.6 is 0 Å². The van der Waals surface area contributed by atoms with Crippen LogP contribution in [0.3, 0.4) is 0 Å². The minimum Gasteiger partial charge on any atom is -0.490 e. The highest BCUT2D eigenvalue weighted by atomic mass is 32.2. The Labute approximate surface area is 242 Å². The Kier molecular flexibility index (Phi) is 10.7. The van der Waals surface area contributed by atoms with Crippen LogP contribution in [0.2, 0.25) is 0 Å². The highest BCUT2D eigenvalue weighted by molar-refractivity contribution is 7.89. The van der Waals surface area contributed by atoms with Gasteiger partial charge < -0.3 is 8.92 Å². The molecule has 1 atom stereocenters. The zero-order valence-electron chi connectivity index (χ0n) is 23.6. The van der Waals surface area contributed by atoms with Crippen molar-refractivity contribution < 1.29 is 30.6 Å². The van der Waals surface area contributed by atoms with Crippen molar-refractivity contribution in [2.24, 2.45) is 11.0 Å². The van der Waals surface area contributed by atoms with Crippen LogP contribution < -0.4 is 19.1 Å². The first kappa shape index (κ1) is 31.8. The molecule has 0 unspecified atom stereocenters. The summed E-state index contributed by atoms with van der Waals surface area (Å²) in [5.74, 6) is -0.439. The van der Waals surface area contributed by atoms with Crippen LogP contribution in [0.1, 0.15) is 43.9 Å². The smallest absolute Gasteiger partial charge is 0.339 e. The minimum atomic E-state index is -4.10. The van der Waals surface area contributed by atoms with E-state index in [1.54, 1.807) is 37.3 Å². The maximum Gasteiger partial charge on any atom is 0.339 e. The van der Waals surface area contributed by atoms with Crippen LogP contribution in [0.5, 0.6) is 11.5 Å². The molecule has 0 saturated heterocycles. The van der Waals surface area contributed by atoms with E-state index in [4.69, 9.17) is 8.92 Å². The number of nitrogens with zero attached hydrogens (tertiary/aromatic N) is 1. The van der Waals surface area contributed by atoms with Crippen LogP contribution in [0, 0.1) is 19.8 Å². The summed E-state index contributed by atoms with van der Waals surface area (Å²) in [6.45, 7) is 9.44. The van der Waals surface area contributed by atoms with Gasteiger partial charge in [-0.05, 0) is 81.1 Å². The quantitative estimate of drug-likeness (QED) is 0.169. The maximum atomic E-state index is 12.9. The topological polar surface area (TPSA) is 140 Å². The summed E-state index contributed by atoms with van der Waals surface area (Å²) in [5.41, 5.74) is 4.69. The molecular formula is C29H35N3O7S2. The van der Waals surface area contributed by atoms with E-state index in [-0.39, 0.29) is 40.2 Å². The van der Waals surface area contributed by atoms with Crippen LogP contribution in [-0.2, 0) is 24.9 Å². The molecule has 3 aromatic rings. The normalized spacial score (nSPS) is 12.8. The predicted octanol–water partition coefficient (Wildman–Crippen LogP) is 4.31. The van der Waals surface area contributed by atoms with E-state index in [1.807, 2.05) is 27.7 Å². The van der Waals surface area contributed by atoms with Gasteiger partial charge in [-0.2, -0.15) is 18.2 Å². The van der Waals surface area contributed by atoms with Crippen molar-refractivity contribution in [2.45, 2.75) is 56.9 Å². The monoisotopic (exact) mass is 601 g/mol. The van der Waals surface area contributed by atoms with Crippen LogP contribution in [-0.4, -0.2) is 41.6 Å². The van der Waals surface area contributed by atoms with Crippen LogP contribution in [0.4, 0.5) is 0 Å². The average molecular weight is 602 g/mol. The van der Waals surface area contributed by atoms with Gasteiger partial charge in [0, 0.05) is 0 Å². The van der Waals surface area contributed by atoms with Gasteiger partial charge in [-0.25, -0.2) is 13.8 Å². The summed E-state index contributed by atoms with van der Waals surface area (Å²) < 4.78 is 64.6. The molecule has 0 spiro atoms. The second kappa shape index (κ2) is 13.7. The highest BCUT2D eigenvalue weighted by Crippen LogP contribution is 2.31. The number of hydrazone groups is 1. The lowest BCUT2D eigenvalue weighted by molar-refractivity contribution is -0.123.